The molecule has 1 aliphatic heterocycles. The predicted molar refractivity (Wildman–Crippen MR) is 97.0 cm³/mol. The molecule has 0 radical (unpaired) electrons. The number of rotatable bonds is 5. The number of amides is 3. The fourth-order valence-electron chi connectivity index (χ4n) is 3.00. The Morgan fingerprint density at radius 3 is 2.88 bits per heavy atom. The summed E-state index contributed by atoms with van der Waals surface area (Å²) < 4.78 is 0. The Kier molecular flexibility index (Phi) is 6.81. The predicted octanol–water partition coefficient (Wildman–Crippen LogP) is 3.11. The van der Waals surface area contributed by atoms with Gasteiger partial charge in [-0.2, -0.15) is 5.26 Å². The number of unbranched alkanes of at least 4 members (excludes halogenated alkanes) is 1. The summed E-state index contributed by atoms with van der Waals surface area (Å²) in [4.78, 5) is 26.6. The van der Waals surface area contributed by atoms with Gasteiger partial charge in [0, 0.05) is 24.8 Å². The Labute approximate surface area is 149 Å². The molecule has 0 unspecified atom stereocenters. The number of hydrogen-bond donors (Lipinski definition) is 2. The van der Waals surface area contributed by atoms with Crippen LogP contribution in [0.25, 0.3) is 0 Å². The third-order valence-corrected chi connectivity index (χ3v) is 4.59. The molecule has 6 nitrogen and oxygen atoms in total. The summed E-state index contributed by atoms with van der Waals surface area (Å²) in [5.41, 5.74) is 1.09. The summed E-state index contributed by atoms with van der Waals surface area (Å²) in [7, 11) is 0. The van der Waals surface area contributed by atoms with Crippen LogP contribution in [0.2, 0.25) is 0 Å². The number of piperidine rings is 1. The van der Waals surface area contributed by atoms with Gasteiger partial charge >= 0.3 is 6.03 Å². The average Bonchev–Trinajstić information content (AvgIpc) is 2.62. The first-order valence-corrected chi connectivity index (χ1v) is 8.90. The Balaban J connectivity index is 1.97. The highest BCUT2D eigenvalue weighted by Gasteiger charge is 2.32. The first-order valence-electron chi connectivity index (χ1n) is 8.90. The van der Waals surface area contributed by atoms with E-state index in [1.807, 2.05) is 6.92 Å². The molecule has 0 aliphatic carbocycles. The second-order valence-electron chi connectivity index (χ2n) is 6.54. The van der Waals surface area contributed by atoms with Crippen molar-refractivity contribution in [3.63, 3.8) is 0 Å². The molecule has 1 aromatic carbocycles. The van der Waals surface area contributed by atoms with Crippen molar-refractivity contribution >= 4 is 17.6 Å². The monoisotopic (exact) mass is 342 g/mol. The maximum Gasteiger partial charge on any atom is 0.322 e. The minimum absolute atomic E-state index is 0.0321. The lowest BCUT2D eigenvalue weighted by Crippen LogP contribution is -2.50. The maximum atomic E-state index is 12.6. The zero-order valence-corrected chi connectivity index (χ0v) is 14.9. The van der Waals surface area contributed by atoms with Gasteiger partial charge in [-0.3, -0.25) is 4.79 Å². The van der Waals surface area contributed by atoms with Crippen LogP contribution in [0.3, 0.4) is 0 Å². The van der Waals surface area contributed by atoms with Crippen molar-refractivity contribution in [3.05, 3.63) is 29.8 Å². The molecule has 6 heteroatoms. The number of nitriles is 1. The van der Waals surface area contributed by atoms with Crippen molar-refractivity contribution in [1.29, 1.82) is 5.26 Å². The molecule has 2 atom stereocenters. The van der Waals surface area contributed by atoms with Crippen molar-refractivity contribution in [3.8, 4) is 6.07 Å². The van der Waals surface area contributed by atoms with E-state index in [0.717, 1.165) is 25.7 Å². The molecular weight excluding hydrogens is 316 g/mol. The van der Waals surface area contributed by atoms with Crippen molar-refractivity contribution in [2.24, 2.45) is 5.92 Å². The van der Waals surface area contributed by atoms with E-state index in [4.69, 9.17) is 5.26 Å². The van der Waals surface area contributed by atoms with Crippen molar-refractivity contribution in [2.75, 3.05) is 18.4 Å². The summed E-state index contributed by atoms with van der Waals surface area (Å²) in [6.45, 7) is 5.19. The van der Waals surface area contributed by atoms with Crippen LogP contribution in [0.4, 0.5) is 10.5 Å². The first kappa shape index (κ1) is 18.8. The standard InChI is InChI=1S/C19H26N4O2/c1-3-4-10-21-18(24)16-9-8-14(2)23(13-16)19(25)22-17-7-5-6-15(11-17)12-20/h5-7,11,14,16H,3-4,8-10,13H2,1-2H3,(H,21,24)(H,22,25)/t14-,16+/m0/s1. The van der Waals surface area contributed by atoms with Gasteiger partial charge in [0.1, 0.15) is 0 Å². The number of nitrogens with one attached hydrogen (secondary N) is 2. The van der Waals surface area contributed by atoms with Gasteiger partial charge in [-0.05, 0) is 44.4 Å². The number of likely N-dealkylation sites (tertiary alicyclic amines) is 1. The molecule has 0 saturated carbocycles. The van der Waals surface area contributed by atoms with Gasteiger partial charge in [0.05, 0.1) is 17.6 Å². The number of nitrogens with zero attached hydrogens (tertiary/aromatic N) is 2. The van der Waals surface area contributed by atoms with Gasteiger partial charge in [0.15, 0.2) is 0 Å². The minimum atomic E-state index is -0.228. The summed E-state index contributed by atoms with van der Waals surface area (Å²) in [5.74, 6) is -0.131. The zero-order valence-electron chi connectivity index (χ0n) is 14.9. The molecule has 0 spiro atoms. The zero-order chi connectivity index (χ0) is 18.2. The Morgan fingerprint density at radius 2 is 2.16 bits per heavy atom. The largest absolute Gasteiger partial charge is 0.356 e. The van der Waals surface area contributed by atoms with E-state index < -0.39 is 0 Å². The van der Waals surface area contributed by atoms with E-state index in [-0.39, 0.29) is 23.9 Å². The Hall–Kier alpha value is -2.55. The van der Waals surface area contributed by atoms with Crippen LogP contribution in [-0.4, -0.2) is 36.0 Å². The molecule has 2 N–H and O–H groups in total. The maximum absolute atomic E-state index is 12.6. The fourth-order valence-corrected chi connectivity index (χ4v) is 3.00. The molecule has 134 valence electrons. The highest BCUT2D eigenvalue weighted by Crippen LogP contribution is 2.23. The second-order valence-corrected chi connectivity index (χ2v) is 6.54. The van der Waals surface area contributed by atoms with Gasteiger partial charge < -0.3 is 15.5 Å². The average molecular weight is 342 g/mol. The molecule has 1 saturated heterocycles. The quantitative estimate of drug-likeness (QED) is 0.806. The third kappa shape index (κ3) is 5.21. The van der Waals surface area contributed by atoms with Crippen LogP contribution in [0.1, 0.15) is 45.1 Å². The molecule has 25 heavy (non-hydrogen) atoms. The number of benzene rings is 1. The van der Waals surface area contributed by atoms with Crippen LogP contribution in [-0.2, 0) is 4.79 Å². The van der Waals surface area contributed by atoms with Crippen LogP contribution >= 0.6 is 0 Å². The molecule has 1 aliphatic rings. The molecule has 0 bridgehead atoms. The van der Waals surface area contributed by atoms with E-state index in [1.165, 1.54) is 0 Å². The number of anilines is 1. The molecule has 1 aromatic rings. The number of urea groups is 1. The first-order chi connectivity index (χ1) is 12.0. The van der Waals surface area contributed by atoms with Gasteiger partial charge in [-0.15, -0.1) is 0 Å². The second kappa shape index (κ2) is 9.07. The smallest absolute Gasteiger partial charge is 0.322 e. The fraction of sp³-hybridized carbons (Fsp3) is 0.526. The van der Waals surface area contributed by atoms with Crippen LogP contribution < -0.4 is 10.6 Å². The van der Waals surface area contributed by atoms with E-state index in [2.05, 4.69) is 23.6 Å². The lowest BCUT2D eigenvalue weighted by Gasteiger charge is -2.37. The summed E-state index contributed by atoms with van der Waals surface area (Å²) >= 11 is 0. The van der Waals surface area contributed by atoms with E-state index >= 15 is 0 Å². The normalized spacial score (nSPS) is 19.8. The molecule has 3 amide bonds. The lowest BCUT2D eigenvalue weighted by atomic mass is 9.93. The van der Waals surface area contributed by atoms with E-state index in [0.29, 0.717) is 24.3 Å². The topological polar surface area (TPSA) is 85.2 Å². The van der Waals surface area contributed by atoms with Gasteiger partial charge in [-0.25, -0.2) is 4.79 Å². The highest BCUT2D eigenvalue weighted by molar-refractivity contribution is 5.90. The third-order valence-electron chi connectivity index (χ3n) is 4.59. The SMILES string of the molecule is CCCCNC(=O)[C@@H]1CC[C@H](C)N(C(=O)Nc2cccc(C#N)c2)C1. The number of hydrogen-bond acceptors (Lipinski definition) is 3. The molecule has 2 rings (SSSR count). The summed E-state index contributed by atoms with van der Waals surface area (Å²) in [5, 5.41) is 14.7. The molecular formula is C19H26N4O2. The Bertz CT molecular complexity index is 653. The van der Waals surface area contributed by atoms with Crippen LogP contribution in [0.5, 0.6) is 0 Å². The minimum Gasteiger partial charge on any atom is -0.356 e. The summed E-state index contributed by atoms with van der Waals surface area (Å²) in [6.07, 6.45) is 3.61. The number of carbonyl (C=O) groups excluding carboxylic acids is 2. The van der Waals surface area contributed by atoms with Gasteiger partial charge in [0.2, 0.25) is 5.91 Å². The van der Waals surface area contributed by atoms with Crippen LogP contribution in [0.15, 0.2) is 24.3 Å². The van der Waals surface area contributed by atoms with Gasteiger partial charge in [0.25, 0.3) is 0 Å². The molecule has 1 heterocycles. The van der Waals surface area contributed by atoms with Gasteiger partial charge in [-0.1, -0.05) is 19.4 Å². The lowest BCUT2D eigenvalue weighted by molar-refractivity contribution is -0.126. The molecule has 1 fully saturated rings. The van der Waals surface area contributed by atoms with E-state index in [1.54, 1.807) is 29.2 Å². The van der Waals surface area contributed by atoms with E-state index in [9.17, 15) is 9.59 Å². The van der Waals surface area contributed by atoms with Crippen LogP contribution in [0, 0.1) is 17.2 Å². The highest BCUT2D eigenvalue weighted by atomic mass is 16.2. The molecule has 0 aromatic heterocycles. The Morgan fingerprint density at radius 1 is 1.36 bits per heavy atom. The van der Waals surface area contributed by atoms with Crippen molar-refractivity contribution in [1.82, 2.24) is 10.2 Å². The van der Waals surface area contributed by atoms with Crippen molar-refractivity contribution < 1.29 is 9.59 Å². The summed E-state index contributed by atoms with van der Waals surface area (Å²) in [6, 6.07) is 8.73. The van der Waals surface area contributed by atoms with Crippen molar-refractivity contribution in [2.45, 2.75) is 45.6 Å². The number of carbonyl (C=O) groups is 2.